The molecule has 0 aliphatic heterocycles. The zero-order chi connectivity index (χ0) is 13.3. The Morgan fingerprint density at radius 2 is 1.83 bits per heavy atom. The number of carbonyl (C=O) groups excluding carboxylic acids is 2. The Labute approximate surface area is 108 Å². The number of ether oxygens (including phenoxy) is 1. The van der Waals surface area contributed by atoms with Crippen LogP contribution in [0.4, 0.5) is 0 Å². The van der Waals surface area contributed by atoms with Crippen molar-refractivity contribution in [2.45, 2.75) is 0 Å². The van der Waals surface area contributed by atoms with E-state index in [0.29, 0.717) is 16.3 Å². The highest BCUT2D eigenvalue weighted by Gasteiger charge is 2.11. The highest BCUT2D eigenvalue weighted by molar-refractivity contribution is 6.67. The van der Waals surface area contributed by atoms with Crippen molar-refractivity contribution in [3.63, 3.8) is 0 Å². The second kappa shape index (κ2) is 4.66. The molecule has 92 valence electrons. The van der Waals surface area contributed by atoms with Gasteiger partial charge in [0.25, 0.3) is 5.24 Å². The van der Waals surface area contributed by atoms with Gasteiger partial charge in [0.1, 0.15) is 5.75 Å². The Balaban J connectivity index is 2.68. The predicted octanol–water partition coefficient (Wildman–Crippen LogP) is 2.71. The Morgan fingerprint density at radius 3 is 2.44 bits per heavy atom. The van der Waals surface area contributed by atoms with E-state index in [-0.39, 0.29) is 11.3 Å². The molecule has 2 aromatic carbocycles. The molecule has 2 rings (SSSR count). The Hall–Kier alpha value is -2.07. The number of hydrogen-bond donors (Lipinski definition) is 1. The van der Waals surface area contributed by atoms with Crippen molar-refractivity contribution in [2.24, 2.45) is 0 Å². The van der Waals surface area contributed by atoms with Gasteiger partial charge in [-0.2, -0.15) is 0 Å². The minimum Gasteiger partial charge on any atom is -0.507 e. The van der Waals surface area contributed by atoms with Crippen LogP contribution in [-0.2, 0) is 4.74 Å². The van der Waals surface area contributed by atoms with E-state index in [1.165, 1.54) is 31.4 Å². The maximum absolute atomic E-state index is 11.4. The number of aromatic hydroxyl groups is 1. The van der Waals surface area contributed by atoms with Crippen molar-refractivity contribution >= 4 is 33.6 Å². The second-order valence-electron chi connectivity index (χ2n) is 3.70. The van der Waals surface area contributed by atoms with Gasteiger partial charge in [0.15, 0.2) is 0 Å². The topological polar surface area (TPSA) is 63.6 Å². The number of phenols is 1. The minimum atomic E-state index is -0.597. The molecule has 0 saturated heterocycles. The zero-order valence-corrected chi connectivity index (χ0v) is 10.2. The molecule has 0 unspecified atom stereocenters. The van der Waals surface area contributed by atoms with Crippen LogP contribution in [-0.4, -0.2) is 23.4 Å². The summed E-state index contributed by atoms with van der Waals surface area (Å²) < 4.78 is 4.57. The molecule has 2 aromatic rings. The van der Waals surface area contributed by atoms with Crippen molar-refractivity contribution < 1.29 is 19.4 Å². The molecule has 0 bridgehead atoms. The molecule has 0 atom stereocenters. The van der Waals surface area contributed by atoms with Gasteiger partial charge >= 0.3 is 5.97 Å². The maximum atomic E-state index is 11.4. The van der Waals surface area contributed by atoms with Crippen LogP contribution in [0.1, 0.15) is 20.7 Å². The average Bonchev–Trinajstić information content (AvgIpc) is 2.36. The first-order chi connectivity index (χ1) is 8.52. The van der Waals surface area contributed by atoms with Gasteiger partial charge < -0.3 is 9.84 Å². The van der Waals surface area contributed by atoms with E-state index in [9.17, 15) is 14.7 Å². The largest absolute Gasteiger partial charge is 0.507 e. The van der Waals surface area contributed by atoms with Crippen LogP contribution in [0.25, 0.3) is 10.8 Å². The summed E-state index contributed by atoms with van der Waals surface area (Å²) in [5.74, 6) is -0.615. The SMILES string of the molecule is COC(=O)c1cc(O)c2ccc(C(=O)Cl)cc2c1. The first-order valence-electron chi connectivity index (χ1n) is 5.08. The minimum absolute atomic E-state index is 0.0542. The zero-order valence-electron chi connectivity index (χ0n) is 9.44. The van der Waals surface area contributed by atoms with Gasteiger partial charge in [0, 0.05) is 10.9 Å². The summed E-state index contributed by atoms with van der Waals surface area (Å²) >= 11 is 5.38. The van der Waals surface area contributed by atoms with Crippen molar-refractivity contribution in [2.75, 3.05) is 7.11 Å². The molecule has 0 aromatic heterocycles. The molecule has 1 N–H and O–H groups in total. The number of carbonyl (C=O) groups is 2. The van der Waals surface area contributed by atoms with Crippen LogP contribution in [0.5, 0.6) is 5.75 Å². The summed E-state index contributed by atoms with van der Waals surface area (Å²) in [6.45, 7) is 0. The fourth-order valence-electron chi connectivity index (χ4n) is 1.71. The van der Waals surface area contributed by atoms with Crippen LogP contribution < -0.4 is 0 Å². The van der Waals surface area contributed by atoms with Crippen LogP contribution in [0.3, 0.4) is 0 Å². The number of methoxy groups -OCH3 is 1. The van der Waals surface area contributed by atoms with Gasteiger partial charge in [-0.05, 0) is 47.3 Å². The number of rotatable bonds is 2. The molecule has 0 spiro atoms. The number of phenolic OH excluding ortho intramolecular Hbond substituents is 1. The second-order valence-corrected chi connectivity index (χ2v) is 4.04. The fourth-order valence-corrected chi connectivity index (χ4v) is 1.83. The molecule has 0 amide bonds. The van der Waals surface area contributed by atoms with Gasteiger partial charge in [-0.25, -0.2) is 4.79 Å². The smallest absolute Gasteiger partial charge is 0.338 e. The number of benzene rings is 2. The van der Waals surface area contributed by atoms with Gasteiger partial charge in [-0.1, -0.05) is 0 Å². The van der Waals surface area contributed by atoms with Crippen molar-refractivity contribution in [3.8, 4) is 5.75 Å². The van der Waals surface area contributed by atoms with Gasteiger partial charge in [-0.3, -0.25) is 4.79 Å². The monoisotopic (exact) mass is 264 g/mol. The molecule has 0 saturated carbocycles. The van der Waals surface area contributed by atoms with E-state index in [1.54, 1.807) is 6.07 Å². The number of halogens is 1. The number of esters is 1. The molecule has 0 aliphatic carbocycles. The molecular formula is C13H9ClO4. The molecule has 18 heavy (non-hydrogen) atoms. The molecule has 0 fully saturated rings. The molecule has 0 radical (unpaired) electrons. The maximum Gasteiger partial charge on any atom is 0.338 e. The summed E-state index contributed by atoms with van der Waals surface area (Å²) in [5.41, 5.74) is 0.507. The van der Waals surface area contributed by atoms with Crippen LogP contribution in [0.2, 0.25) is 0 Å². The highest BCUT2D eigenvalue weighted by atomic mass is 35.5. The van der Waals surface area contributed by atoms with Crippen molar-refractivity contribution in [3.05, 3.63) is 41.5 Å². The standard InChI is InChI=1S/C13H9ClO4/c1-18-13(17)9-5-8-4-7(12(14)16)2-3-10(8)11(15)6-9/h2-6,15H,1H3. The molecule has 0 heterocycles. The normalized spacial score (nSPS) is 10.3. The van der Waals surface area contributed by atoms with Crippen LogP contribution in [0, 0.1) is 0 Å². The third-order valence-corrected chi connectivity index (χ3v) is 2.80. The lowest BCUT2D eigenvalue weighted by molar-refractivity contribution is 0.0600. The first kappa shape index (κ1) is 12.4. The van der Waals surface area contributed by atoms with E-state index in [1.807, 2.05) is 0 Å². The summed E-state index contributed by atoms with van der Waals surface area (Å²) in [5, 5.41) is 10.3. The summed E-state index contributed by atoms with van der Waals surface area (Å²) in [4.78, 5) is 22.5. The molecule has 0 aliphatic rings. The van der Waals surface area contributed by atoms with E-state index < -0.39 is 11.2 Å². The lowest BCUT2D eigenvalue weighted by Crippen LogP contribution is -2.01. The van der Waals surface area contributed by atoms with Gasteiger partial charge in [0.2, 0.25) is 0 Å². The van der Waals surface area contributed by atoms with E-state index in [2.05, 4.69) is 4.74 Å². The predicted molar refractivity (Wildman–Crippen MR) is 67.1 cm³/mol. The van der Waals surface area contributed by atoms with Gasteiger partial charge in [-0.15, -0.1) is 0 Å². The third kappa shape index (κ3) is 2.15. The van der Waals surface area contributed by atoms with Crippen LogP contribution >= 0.6 is 11.6 Å². The highest BCUT2D eigenvalue weighted by Crippen LogP contribution is 2.28. The summed E-state index contributed by atoms with van der Waals surface area (Å²) in [7, 11) is 1.25. The lowest BCUT2D eigenvalue weighted by Gasteiger charge is -2.06. The number of hydrogen-bond acceptors (Lipinski definition) is 4. The quantitative estimate of drug-likeness (QED) is 0.669. The van der Waals surface area contributed by atoms with E-state index in [0.717, 1.165) is 0 Å². The van der Waals surface area contributed by atoms with Crippen molar-refractivity contribution in [1.29, 1.82) is 0 Å². The molecule has 5 heteroatoms. The fraction of sp³-hybridized carbons (Fsp3) is 0.0769. The average molecular weight is 265 g/mol. The van der Waals surface area contributed by atoms with Gasteiger partial charge in [0.05, 0.1) is 12.7 Å². The Morgan fingerprint density at radius 1 is 1.17 bits per heavy atom. The Bertz CT molecular complexity index is 649. The first-order valence-corrected chi connectivity index (χ1v) is 5.45. The number of fused-ring (bicyclic) bond motifs is 1. The van der Waals surface area contributed by atoms with Crippen LogP contribution in [0.15, 0.2) is 30.3 Å². The molecular weight excluding hydrogens is 256 g/mol. The summed E-state index contributed by atoms with van der Waals surface area (Å²) in [6.07, 6.45) is 0. The van der Waals surface area contributed by atoms with Crippen molar-refractivity contribution in [1.82, 2.24) is 0 Å². The third-order valence-electron chi connectivity index (χ3n) is 2.58. The summed E-state index contributed by atoms with van der Waals surface area (Å²) in [6, 6.07) is 7.44. The Kier molecular flexibility index (Phi) is 3.21. The lowest BCUT2D eigenvalue weighted by atomic mass is 10.0. The van der Waals surface area contributed by atoms with E-state index >= 15 is 0 Å². The van der Waals surface area contributed by atoms with E-state index in [4.69, 9.17) is 11.6 Å². The molecule has 4 nitrogen and oxygen atoms in total.